The van der Waals surface area contributed by atoms with Crippen molar-refractivity contribution in [1.82, 2.24) is 16.2 Å². The molecule has 0 saturated heterocycles. The summed E-state index contributed by atoms with van der Waals surface area (Å²) in [6.45, 7) is 2.02. The van der Waals surface area contributed by atoms with Gasteiger partial charge in [0.05, 0.1) is 7.11 Å². The van der Waals surface area contributed by atoms with Crippen LogP contribution < -0.4 is 26.2 Å². The molecule has 0 saturated carbocycles. The van der Waals surface area contributed by atoms with Gasteiger partial charge in [0.25, 0.3) is 5.91 Å². The Bertz CT molecular complexity index is 990. The number of para-hydroxylation sites is 1. The second kappa shape index (κ2) is 12.9. The Morgan fingerprint density at radius 1 is 1.03 bits per heavy atom. The van der Waals surface area contributed by atoms with Gasteiger partial charge in [-0.1, -0.05) is 31.5 Å². The van der Waals surface area contributed by atoms with Gasteiger partial charge >= 0.3 is 0 Å². The summed E-state index contributed by atoms with van der Waals surface area (Å²) < 4.78 is 5.22. The van der Waals surface area contributed by atoms with Crippen molar-refractivity contribution in [3.05, 3.63) is 65.7 Å². The van der Waals surface area contributed by atoms with Crippen molar-refractivity contribution < 1.29 is 19.1 Å². The third kappa shape index (κ3) is 8.19. The highest BCUT2D eigenvalue weighted by Crippen LogP contribution is 2.18. The molecule has 3 amide bonds. The molecule has 0 radical (unpaired) electrons. The van der Waals surface area contributed by atoms with Crippen LogP contribution in [0.2, 0.25) is 0 Å². The third-order valence-electron chi connectivity index (χ3n) is 4.27. The Labute approximate surface area is 192 Å². The Kier molecular flexibility index (Phi) is 9.86. The quantitative estimate of drug-likeness (QED) is 0.277. The molecule has 2 rings (SSSR count). The van der Waals surface area contributed by atoms with Crippen molar-refractivity contribution >= 4 is 46.8 Å². The van der Waals surface area contributed by atoms with Crippen LogP contribution in [0.5, 0.6) is 5.75 Å². The van der Waals surface area contributed by atoms with Gasteiger partial charge in [0.2, 0.25) is 11.8 Å². The normalized spacial score (nSPS) is 10.3. The van der Waals surface area contributed by atoms with Crippen molar-refractivity contribution in [3.63, 3.8) is 0 Å². The van der Waals surface area contributed by atoms with E-state index in [-0.39, 0.29) is 11.0 Å². The van der Waals surface area contributed by atoms with Crippen LogP contribution in [-0.2, 0) is 9.59 Å². The summed E-state index contributed by atoms with van der Waals surface area (Å²) in [6, 6.07) is 13.7. The summed E-state index contributed by atoms with van der Waals surface area (Å²) in [5, 5.41) is 5.15. The molecular weight excluding hydrogens is 428 g/mol. The number of ether oxygens (including phenoxy) is 1. The van der Waals surface area contributed by atoms with Crippen LogP contribution in [0.4, 0.5) is 5.69 Å². The molecule has 0 aliphatic rings. The molecule has 0 fully saturated rings. The zero-order valence-electron chi connectivity index (χ0n) is 17.9. The number of hydrogen-bond donors (Lipinski definition) is 4. The first-order valence-corrected chi connectivity index (χ1v) is 10.5. The second-order valence-electron chi connectivity index (χ2n) is 6.70. The summed E-state index contributed by atoms with van der Waals surface area (Å²) in [6.07, 6.45) is 5.13. The number of thiocarbonyl (C=S) groups is 1. The molecule has 8 nitrogen and oxygen atoms in total. The maximum atomic E-state index is 12.2. The molecule has 4 N–H and O–H groups in total. The van der Waals surface area contributed by atoms with Crippen LogP contribution in [0.25, 0.3) is 6.08 Å². The molecule has 9 heteroatoms. The van der Waals surface area contributed by atoms with Crippen molar-refractivity contribution in [2.75, 3.05) is 12.4 Å². The highest BCUT2D eigenvalue weighted by Gasteiger charge is 2.08. The van der Waals surface area contributed by atoms with Crippen LogP contribution in [0.15, 0.2) is 54.6 Å². The first-order valence-electron chi connectivity index (χ1n) is 10.0. The Morgan fingerprint density at radius 2 is 1.75 bits per heavy atom. The van der Waals surface area contributed by atoms with E-state index in [2.05, 4.69) is 21.5 Å². The number of carbonyl (C=O) groups is 3. The number of carbonyl (C=O) groups excluding carboxylic acids is 3. The van der Waals surface area contributed by atoms with Gasteiger partial charge in [0, 0.05) is 29.3 Å². The number of rotatable bonds is 8. The highest BCUT2D eigenvalue weighted by molar-refractivity contribution is 7.80. The van der Waals surface area contributed by atoms with Crippen molar-refractivity contribution in [2.24, 2.45) is 0 Å². The van der Waals surface area contributed by atoms with Crippen LogP contribution in [0.1, 0.15) is 42.1 Å². The second-order valence-corrected chi connectivity index (χ2v) is 7.11. The third-order valence-corrected chi connectivity index (χ3v) is 4.47. The maximum absolute atomic E-state index is 12.2. The van der Waals surface area contributed by atoms with E-state index in [1.54, 1.807) is 49.6 Å². The lowest BCUT2D eigenvalue weighted by Crippen LogP contribution is -2.48. The molecule has 32 heavy (non-hydrogen) atoms. The molecule has 0 heterocycles. The average molecular weight is 455 g/mol. The number of hydrogen-bond acceptors (Lipinski definition) is 5. The molecule has 0 atom stereocenters. The van der Waals surface area contributed by atoms with E-state index in [4.69, 9.17) is 17.0 Å². The topological polar surface area (TPSA) is 109 Å². The van der Waals surface area contributed by atoms with Gasteiger partial charge in [-0.15, -0.1) is 0 Å². The molecular formula is C23H26N4O4S. The summed E-state index contributed by atoms with van der Waals surface area (Å²) in [7, 11) is 1.55. The standard InChI is InChI=1S/C23H26N4O4S/c1-3-4-9-20(28)24-18-13-10-17(11-14-18)22(30)26-27-23(32)25-21(29)15-12-16-7-5-6-8-19(16)31-2/h5-8,10-15H,3-4,9H2,1-2H3,(H,24,28)(H,26,30)(H2,25,27,29,32)/b15-12+. The predicted octanol–water partition coefficient (Wildman–Crippen LogP) is 3.17. The van der Waals surface area contributed by atoms with Crippen LogP contribution in [-0.4, -0.2) is 29.9 Å². The van der Waals surface area contributed by atoms with Gasteiger partial charge in [-0.05, 0) is 55.0 Å². The Morgan fingerprint density at radius 3 is 2.44 bits per heavy atom. The fraction of sp³-hybridized carbons (Fsp3) is 0.217. The lowest BCUT2D eigenvalue weighted by atomic mass is 10.2. The van der Waals surface area contributed by atoms with Crippen LogP contribution >= 0.6 is 12.2 Å². The molecule has 0 unspecified atom stereocenters. The number of benzene rings is 2. The zero-order chi connectivity index (χ0) is 23.3. The number of unbranched alkanes of at least 4 members (excludes halogenated alkanes) is 1. The lowest BCUT2D eigenvalue weighted by molar-refractivity contribution is -0.116. The minimum absolute atomic E-state index is 0.0622. The molecule has 0 aromatic heterocycles. The zero-order valence-corrected chi connectivity index (χ0v) is 18.8. The average Bonchev–Trinajstić information content (AvgIpc) is 2.80. The fourth-order valence-corrected chi connectivity index (χ4v) is 2.76. The molecule has 0 bridgehead atoms. The first kappa shape index (κ1) is 24.5. The highest BCUT2D eigenvalue weighted by atomic mass is 32.1. The largest absolute Gasteiger partial charge is 0.496 e. The number of methoxy groups -OCH3 is 1. The minimum Gasteiger partial charge on any atom is -0.496 e. The van der Waals surface area contributed by atoms with Crippen molar-refractivity contribution in [3.8, 4) is 5.75 Å². The van der Waals surface area contributed by atoms with E-state index in [1.165, 1.54) is 6.08 Å². The molecule has 0 aliphatic heterocycles. The van der Waals surface area contributed by atoms with E-state index in [9.17, 15) is 14.4 Å². The van der Waals surface area contributed by atoms with E-state index in [0.717, 1.165) is 18.4 Å². The monoisotopic (exact) mass is 454 g/mol. The van der Waals surface area contributed by atoms with Crippen LogP contribution in [0.3, 0.4) is 0 Å². The summed E-state index contributed by atoms with van der Waals surface area (Å²) in [4.78, 5) is 36.0. The lowest BCUT2D eigenvalue weighted by Gasteiger charge is -2.10. The van der Waals surface area contributed by atoms with Gasteiger partial charge in [-0.25, -0.2) is 0 Å². The molecule has 0 aliphatic carbocycles. The fourth-order valence-electron chi connectivity index (χ4n) is 2.61. The van der Waals surface area contributed by atoms with Gasteiger partial charge in [-0.3, -0.25) is 30.6 Å². The van der Waals surface area contributed by atoms with E-state index in [0.29, 0.717) is 23.4 Å². The molecule has 2 aromatic rings. The predicted molar refractivity (Wildman–Crippen MR) is 128 cm³/mol. The smallest absolute Gasteiger partial charge is 0.269 e. The van der Waals surface area contributed by atoms with Gasteiger partial charge in [0.1, 0.15) is 5.75 Å². The first-order chi connectivity index (χ1) is 15.4. The van der Waals surface area contributed by atoms with E-state index >= 15 is 0 Å². The SMILES string of the molecule is CCCCC(=O)Nc1ccc(C(=O)NNC(=S)NC(=O)/C=C/c2ccccc2OC)cc1. The Balaban J connectivity index is 1.79. The summed E-state index contributed by atoms with van der Waals surface area (Å²) in [5.41, 5.74) is 6.59. The number of hydrazine groups is 1. The van der Waals surface area contributed by atoms with Gasteiger partial charge in [-0.2, -0.15) is 0 Å². The minimum atomic E-state index is -0.467. The van der Waals surface area contributed by atoms with E-state index < -0.39 is 11.8 Å². The molecule has 0 spiro atoms. The number of nitrogens with one attached hydrogen (secondary N) is 4. The molecule has 2 aromatic carbocycles. The summed E-state index contributed by atoms with van der Waals surface area (Å²) in [5.74, 6) is -0.344. The molecule has 168 valence electrons. The Hall–Kier alpha value is -3.72. The van der Waals surface area contributed by atoms with Crippen molar-refractivity contribution in [2.45, 2.75) is 26.2 Å². The van der Waals surface area contributed by atoms with Gasteiger partial charge < -0.3 is 10.1 Å². The van der Waals surface area contributed by atoms with Crippen molar-refractivity contribution in [1.29, 1.82) is 0 Å². The number of anilines is 1. The maximum Gasteiger partial charge on any atom is 0.269 e. The van der Waals surface area contributed by atoms with Crippen LogP contribution in [0, 0.1) is 0 Å². The summed E-state index contributed by atoms with van der Waals surface area (Å²) >= 11 is 5.02. The van der Waals surface area contributed by atoms with E-state index in [1.807, 2.05) is 19.1 Å². The van der Waals surface area contributed by atoms with Gasteiger partial charge in [0.15, 0.2) is 5.11 Å². The number of amides is 3.